The fraction of sp³-hybridized carbons (Fsp3) is 0.172. The maximum atomic E-state index is 12.9. The van der Waals surface area contributed by atoms with Crippen LogP contribution in [0, 0.1) is 6.92 Å². The molecule has 1 aromatic heterocycles. The molecule has 0 unspecified atom stereocenters. The number of carboxylic acid groups (broad SMARTS) is 1. The van der Waals surface area contributed by atoms with Gasteiger partial charge in [-0.05, 0) is 41.8 Å². The Balaban J connectivity index is 1.38. The van der Waals surface area contributed by atoms with Crippen molar-refractivity contribution in [2.75, 3.05) is 10.6 Å². The first-order chi connectivity index (χ1) is 19.2. The summed E-state index contributed by atoms with van der Waals surface area (Å²) in [6, 6.07) is 21.7. The van der Waals surface area contributed by atoms with Gasteiger partial charge in [0, 0.05) is 11.4 Å². The normalized spacial score (nSPS) is 11.4. The number of amides is 3. The Labute approximate surface area is 229 Å². The van der Waals surface area contributed by atoms with E-state index < -0.39 is 42.1 Å². The Morgan fingerprint density at radius 3 is 2.25 bits per heavy atom. The van der Waals surface area contributed by atoms with Crippen LogP contribution in [-0.4, -0.2) is 37.3 Å². The minimum Gasteiger partial charge on any atom is -0.493 e. The van der Waals surface area contributed by atoms with Crippen molar-refractivity contribution in [3.8, 4) is 5.88 Å². The first-order valence-corrected chi connectivity index (χ1v) is 12.5. The van der Waals surface area contributed by atoms with E-state index in [-0.39, 0.29) is 13.0 Å². The smallest absolute Gasteiger partial charge is 0.331 e. The number of carboxylic acids is 1. The zero-order valence-electron chi connectivity index (χ0n) is 21.7. The van der Waals surface area contributed by atoms with Crippen LogP contribution in [0.5, 0.6) is 5.88 Å². The molecule has 0 radical (unpaired) electrons. The van der Waals surface area contributed by atoms with E-state index >= 15 is 0 Å². The highest BCUT2D eigenvalue weighted by atomic mass is 16.4. The van der Waals surface area contributed by atoms with E-state index in [1.54, 1.807) is 60.7 Å². The summed E-state index contributed by atoms with van der Waals surface area (Å²) in [6.07, 6.45) is 0.888. The average Bonchev–Trinajstić information content (AvgIpc) is 3.18. The van der Waals surface area contributed by atoms with Crippen LogP contribution in [-0.2, 0) is 22.7 Å². The molecule has 0 spiro atoms. The molecule has 206 valence electrons. The number of aromatic nitrogens is 2. The number of benzene rings is 3. The summed E-state index contributed by atoms with van der Waals surface area (Å²) in [5, 5.41) is 27.7. The van der Waals surface area contributed by atoms with Crippen molar-refractivity contribution in [3.63, 3.8) is 0 Å². The lowest BCUT2D eigenvalue weighted by Crippen LogP contribution is -2.36. The number of para-hydroxylation sites is 1. The number of aliphatic carboxylic acids is 1. The fourth-order valence-corrected chi connectivity index (χ4v) is 4.16. The number of nitrogens with one attached hydrogen (secondary N) is 3. The summed E-state index contributed by atoms with van der Waals surface area (Å²) in [5.41, 5.74) is 2.90. The second-order valence-electron chi connectivity index (χ2n) is 9.20. The highest BCUT2D eigenvalue weighted by molar-refractivity contribution is 6.00. The van der Waals surface area contributed by atoms with E-state index in [0.29, 0.717) is 16.9 Å². The zero-order valence-corrected chi connectivity index (χ0v) is 21.7. The Hall–Kier alpha value is -5.32. The lowest BCUT2D eigenvalue weighted by atomic mass is 10.0. The van der Waals surface area contributed by atoms with Crippen molar-refractivity contribution in [1.29, 1.82) is 0 Å². The molecule has 0 aliphatic carbocycles. The number of anilines is 2. The van der Waals surface area contributed by atoms with E-state index in [0.717, 1.165) is 15.7 Å². The SMILES string of the molecule is Cc1ccccc1NC(=O)Nc1ccc(Cn2cc(O)n(CC(=O)N[C@@H](CC(=O)O)c3ccccc3)c2=O)cc1. The molecule has 1 heterocycles. The molecule has 40 heavy (non-hydrogen) atoms. The van der Waals surface area contributed by atoms with Gasteiger partial charge in [-0.2, -0.15) is 0 Å². The maximum absolute atomic E-state index is 12.9. The summed E-state index contributed by atoms with van der Waals surface area (Å²) in [6.45, 7) is 1.52. The second kappa shape index (κ2) is 12.5. The number of nitrogens with zero attached hydrogens (tertiary/aromatic N) is 2. The Bertz CT molecular complexity index is 1560. The van der Waals surface area contributed by atoms with Gasteiger partial charge in [-0.3, -0.25) is 18.7 Å². The lowest BCUT2D eigenvalue weighted by Gasteiger charge is -2.17. The lowest BCUT2D eigenvalue weighted by molar-refractivity contribution is -0.137. The molecule has 3 amide bonds. The van der Waals surface area contributed by atoms with E-state index in [9.17, 15) is 29.4 Å². The predicted molar refractivity (Wildman–Crippen MR) is 149 cm³/mol. The van der Waals surface area contributed by atoms with Gasteiger partial charge in [0.2, 0.25) is 11.8 Å². The van der Waals surface area contributed by atoms with Crippen molar-refractivity contribution in [1.82, 2.24) is 14.5 Å². The van der Waals surface area contributed by atoms with Gasteiger partial charge in [0.05, 0.1) is 25.2 Å². The number of hydrogen-bond acceptors (Lipinski definition) is 5. The molecule has 0 saturated heterocycles. The molecule has 3 aromatic carbocycles. The number of imidazole rings is 1. The Morgan fingerprint density at radius 2 is 1.57 bits per heavy atom. The molecular formula is C29H29N5O6. The van der Waals surface area contributed by atoms with Crippen LogP contribution in [0.4, 0.5) is 16.2 Å². The maximum Gasteiger partial charge on any atom is 0.331 e. The largest absolute Gasteiger partial charge is 0.493 e. The molecule has 0 bridgehead atoms. The summed E-state index contributed by atoms with van der Waals surface area (Å²) >= 11 is 0. The molecule has 5 N–H and O–H groups in total. The van der Waals surface area contributed by atoms with Gasteiger partial charge in [0.25, 0.3) is 0 Å². The van der Waals surface area contributed by atoms with Gasteiger partial charge in [-0.25, -0.2) is 9.59 Å². The quantitative estimate of drug-likeness (QED) is 0.206. The molecule has 0 aliphatic rings. The minimum absolute atomic E-state index is 0.113. The number of aryl methyl sites for hydroxylation is 1. The number of carbonyl (C=O) groups excluding carboxylic acids is 2. The third-order valence-corrected chi connectivity index (χ3v) is 6.20. The Kier molecular flexibility index (Phi) is 8.65. The predicted octanol–water partition coefficient (Wildman–Crippen LogP) is 3.69. The van der Waals surface area contributed by atoms with Crippen LogP contribution >= 0.6 is 0 Å². The van der Waals surface area contributed by atoms with E-state index in [2.05, 4.69) is 16.0 Å². The number of rotatable bonds is 10. The van der Waals surface area contributed by atoms with Crippen LogP contribution < -0.4 is 21.6 Å². The number of urea groups is 1. The summed E-state index contributed by atoms with van der Waals surface area (Å²) in [7, 11) is 0. The highest BCUT2D eigenvalue weighted by Crippen LogP contribution is 2.18. The van der Waals surface area contributed by atoms with Gasteiger partial charge >= 0.3 is 17.7 Å². The molecule has 1 atom stereocenters. The van der Waals surface area contributed by atoms with Crippen LogP contribution in [0.1, 0.15) is 29.2 Å². The first kappa shape index (κ1) is 27.7. The molecule has 0 fully saturated rings. The first-order valence-electron chi connectivity index (χ1n) is 12.5. The van der Waals surface area contributed by atoms with E-state index in [1.807, 2.05) is 25.1 Å². The summed E-state index contributed by atoms with van der Waals surface area (Å²) < 4.78 is 2.16. The van der Waals surface area contributed by atoms with Crippen LogP contribution in [0.2, 0.25) is 0 Å². The van der Waals surface area contributed by atoms with Gasteiger partial charge in [0.15, 0.2) is 0 Å². The van der Waals surface area contributed by atoms with Gasteiger partial charge < -0.3 is 26.2 Å². The minimum atomic E-state index is -1.09. The highest BCUT2D eigenvalue weighted by Gasteiger charge is 2.20. The second-order valence-corrected chi connectivity index (χ2v) is 9.20. The third-order valence-electron chi connectivity index (χ3n) is 6.20. The Morgan fingerprint density at radius 1 is 0.900 bits per heavy atom. The van der Waals surface area contributed by atoms with Gasteiger partial charge in [-0.15, -0.1) is 0 Å². The molecule has 11 heteroatoms. The van der Waals surface area contributed by atoms with Crippen molar-refractivity contribution in [2.24, 2.45) is 0 Å². The van der Waals surface area contributed by atoms with Crippen molar-refractivity contribution in [2.45, 2.75) is 32.5 Å². The van der Waals surface area contributed by atoms with Gasteiger partial charge in [-0.1, -0.05) is 60.7 Å². The van der Waals surface area contributed by atoms with Crippen LogP contribution in [0.3, 0.4) is 0 Å². The van der Waals surface area contributed by atoms with E-state index in [4.69, 9.17) is 0 Å². The molecule has 4 aromatic rings. The summed E-state index contributed by atoms with van der Waals surface area (Å²) in [4.78, 5) is 49.2. The van der Waals surface area contributed by atoms with Crippen LogP contribution in [0.25, 0.3) is 0 Å². The van der Waals surface area contributed by atoms with Crippen molar-refractivity contribution < 1.29 is 24.6 Å². The fourth-order valence-electron chi connectivity index (χ4n) is 4.16. The monoisotopic (exact) mass is 543 g/mol. The number of aromatic hydroxyl groups is 1. The number of carbonyl (C=O) groups is 3. The van der Waals surface area contributed by atoms with Crippen molar-refractivity contribution in [3.05, 3.63) is 112 Å². The van der Waals surface area contributed by atoms with Gasteiger partial charge in [0.1, 0.15) is 6.54 Å². The van der Waals surface area contributed by atoms with E-state index in [1.165, 1.54) is 10.8 Å². The molecular weight excluding hydrogens is 514 g/mol. The van der Waals surface area contributed by atoms with Crippen LogP contribution in [0.15, 0.2) is 89.9 Å². The number of hydrogen-bond donors (Lipinski definition) is 5. The molecule has 0 saturated carbocycles. The zero-order chi connectivity index (χ0) is 28.6. The molecule has 11 nitrogen and oxygen atoms in total. The standard InChI is InChI=1S/C29H29N5O6/c1-19-7-5-6-10-23(19)32-28(39)30-22-13-11-20(12-14-22)16-33-18-26(36)34(29(33)40)17-25(35)31-24(15-27(37)38)21-8-3-2-4-9-21/h2-14,18,24,36H,15-17H2,1H3,(H,31,35)(H,37,38)(H2,30,32,39)/t24-/m0/s1. The third kappa shape index (κ3) is 7.16. The topological polar surface area (TPSA) is 155 Å². The van der Waals surface area contributed by atoms with Crippen molar-refractivity contribution >= 4 is 29.3 Å². The molecule has 0 aliphatic heterocycles. The average molecular weight is 544 g/mol. The summed E-state index contributed by atoms with van der Waals surface area (Å²) in [5.74, 6) is -2.11. The molecule has 4 rings (SSSR count).